The Balaban J connectivity index is 2.45. The lowest BCUT2D eigenvalue weighted by Crippen LogP contribution is -2.20. The molecular formula is C14H19NO3. The molecule has 0 amide bonds. The molecule has 0 radical (unpaired) electrons. The molecule has 1 N–H and O–H groups in total. The van der Waals surface area contributed by atoms with Crippen LogP contribution in [0.5, 0.6) is 17.2 Å². The Hall–Kier alpha value is -1.68. The normalized spacial score (nSPS) is 14.9. The first-order valence-corrected chi connectivity index (χ1v) is 6.00. The summed E-state index contributed by atoms with van der Waals surface area (Å²) in [7, 11) is 4.89. The fourth-order valence-electron chi connectivity index (χ4n) is 2.15. The van der Waals surface area contributed by atoms with Gasteiger partial charge in [-0.05, 0) is 36.2 Å². The van der Waals surface area contributed by atoms with Gasteiger partial charge < -0.3 is 19.5 Å². The lowest BCUT2D eigenvalue weighted by molar-refractivity contribution is 0.324. The van der Waals surface area contributed by atoms with Gasteiger partial charge in [0.25, 0.3) is 0 Å². The summed E-state index contributed by atoms with van der Waals surface area (Å²) in [5, 5.41) is 3.30. The maximum absolute atomic E-state index is 5.36. The molecule has 1 aromatic carbocycles. The summed E-state index contributed by atoms with van der Waals surface area (Å²) < 4.78 is 16.0. The fraction of sp³-hybridized carbons (Fsp3) is 0.429. The second kappa shape index (κ2) is 5.78. The van der Waals surface area contributed by atoms with Crippen LogP contribution in [0.3, 0.4) is 0 Å². The van der Waals surface area contributed by atoms with Crippen LogP contribution in [0.4, 0.5) is 0 Å². The van der Waals surface area contributed by atoms with Gasteiger partial charge in [-0.1, -0.05) is 6.08 Å². The smallest absolute Gasteiger partial charge is 0.203 e. The monoisotopic (exact) mass is 249 g/mol. The van der Waals surface area contributed by atoms with E-state index < -0.39 is 0 Å². The topological polar surface area (TPSA) is 39.7 Å². The molecule has 0 saturated carbocycles. The van der Waals surface area contributed by atoms with Crippen LogP contribution in [0.15, 0.2) is 18.2 Å². The molecule has 0 aromatic heterocycles. The molecule has 0 saturated heterocycles. The molecule has 1 aliphatic rings. The lowest BCUT2D eigenvalue weighted by atomic mass is 9.99. The Morgan fingerprint density at radius 1 is 1.00 bits per heavy atom. The predicted octanol–water partition coefficient (Wildman–Crippen LogP) is 2.09. The van der Waals surface area contributed by atoms with E-state index in [1.807, 2.05) is 12.1 Å². The molecule has 4 nitrogen and oxygen atoms in total. The van der Waals surface area contributed by atoms with Gasteiger partial charge in [0.15, 0.2) is 11.5 Å². The summed E-state index contributed by atoms with van der Waals surface area (Å²) in [6, 6.07) is 4.00. The molecule has 0 bridgehead atoms. The summed E-state index contributed by atoms with van der Waals surface area (Å²) in [6.07, 6.45) is 3.21. The second-order valence-corrected chi connectivity index (χ2v) is 4.10. The lowest BCUT2D eigenvalue weighted by Gasteiger charge is -2.18. The summed E-state index contributed by atoms with van der Waals surface area (Å²) in [5.74, 6) is 2.04. The molecule has 1 aromatic rings. The Bertz CT molecular complexity index is 429. The van der Waals surface area contributed by atoms with Gasteiger partial charge in [0.1, 0.15) is 0 Å². The van der Waals surface area contributed by atoms with Crippen molar-refractivity contribution in [2.24, 2.45) is 0 Å². The molecule has 0 aliphatic carbocycles. The maximum Gasteiger partial charge on any atom is 0.203 e. The van der Waals surface area contributed by atoms with Gasteiger partial charge >= 0.3 is 0 Å². The molecule has 1 aliphatic heterocycles. The number of hydrogen-bond acceptors (Lipinski definition) is 4. The number of benzene rings is 1. The average molecular weight is 249 g/mol. The molecule has 0 spiro atoms. The minimum atomic E-state index is 0.637. The van der Waals surface area contributed by atoms with E-state index in [-0.39, 0.29) is 0 Å². The molecule has 98 valence electrons. The third-order valence-corrected chi connectivity index (χ3v) is 3.10. The largest absolute Gasteiger partial charge is 0.493 e. The highest BCUT2D eigenvalue weighted by Gasteiger charge is 2.15. The highest BCUT2D eigenvalue weighted by atomic mass is 16.5. The second-order valence-electron chi connectivity index (χ2n) is 4.10. The number of hydrogen-bond donors (Lipinski definition) is 1. The van der Waals surface area contributed by atoms with Crippen molar-refractivity contribution in [1.29, 1.82) is 0 Å². The highest BCUT2D eigenvalue weighted by Crippen LogP contribution is 2.40. The van der Waals surface area contributed by atoms with Gasteiger partial charge in [-0.3, -0.25) is 0 Å². The van der Waals surface area contributed by atoms with E-state index in [0.29, 0.717) is 17.2 Å². The van der Waals surface area contributed by atoms with Gasteiger partial charge in [-0.25, -0.2) is 0 Å². The number of ether oxygens (including phenoxy) is 3. The molecule has 2 rings (SSSR count). The van der Waals surface area contributed by atoms with Crippen molar-refractivity contribution in [2.45, 2.75) is 6.42 Å². The quantitative estimate of drug-likeness (QED) is 0.887. The molecule has 0 atom stereocenters. The van der Waals surface area contributed by atoms with Crippen LogP contribution in [0.2, 0.25) is 0 Å². The van der Waals surface area contributed by atoms with Crippen molar-refractivity contribution >= 4 is 5.57 Å². The van der Waals surface area contributed by atoms with E-state index in [1.165, 1.54) is 5.57 Å². The Kier molecular flexibility index (Phi) is 4.10. The van der Waals surface area contributed by atoms with Crippen molar-refractivity contribution in [2.75, 3.05) is 34.4 Å². The summed E-state index contributed by atoms with van der Waals surface area (Å²) >= 11 is 0. The van der Waals surface area contributed by atoms with E-state index >= 15 is 0 Å². The summed E-state index contributed by atoms with van der Waals surface area (Å²) in [5.41, 5.74) is 2.44. The van der Waals surface area contributed by atoms with Crippen LogP contribution < -0.4 is 19.5 Å². The zero-order valence-corrected chi connectivity index (χ0v) is 11.1. The molecule has 1 heterocycles. The molecule has 18 heavy (non-hydrogen) atoms. The maximum atomic E-state index is 5.36. The van der Waals surface area contributed by atoms with Crippen LogP contribution in [-0.2, 0) is 0 Å². The van der Waals surface area contributed by atoms with Crippen molar-refractivity contribution in [3.8, 4) is 17.2 Å². The molecule has 4 heteroatoms. The van der Waals surface area contributed by atoms with Gasteiger partial charge in [0, 0.05) is 6.54 Å². The minimum absolute atomic E-state index is 0.637. The Morgan fingerprint density at radius 3 is 2.11 bits per heavy atom. The first-order chi connectivity index (χ1) is 8.80. The van der Waals surface area contributed by atoms with Gasteiger partial charge in [-0.15, -0.1) is 0 Å². The third kappa shape index (κ3) is 2.43. The molecule has 0 fully saturated rings. The Labute approximate surface area is 108 Å². The fourth-order valence-corrected chi connectivity index (χ4v) is 2.15. The van der Waals surface area contributed by atoms with Crippen molar-refractivity contribution in [1.82, 2.24) is 5.32 Å². The number of rotatable bonds is 4. The zero-order valence-electron chi connectivity index (χ0n) is 11.1. The third-order valence-electron chi connectivity index (χ3n) is 3.10. The number of methoxy groups -OCH3 is 3. The van der Waals surface area contributed by atoms with E-state index in [0.717, 1.165) is 25.1 Å². The molecule has 0 unspecified atom stereocenters. The highest BCUT2D eigenvalue weighted by molar-refractivity contribution is 5.71. The first kappa shape index (κ1) is 12.8. The SMILES string of the molecule is COc1cc(C2=CCNCC2)cc(OC)c1OC. The van der Waals surface area contributed by atoms with E-state index in [9.17, 15) is 0 Å². The van der Waals surface area contributed by atoms with Crippen LogP contribution in [-0.4, -0.2) is 34.4 Å². The van der Waals surface area contributed by atoms with E-state index in [2.05, 4.69) is 11.4 Å². The standard InChI is InChI=1S/C14H19NO3/c1-16-12-8-11(10-4-6-15-7-5-10)9-13(17-2)14(12)18-3/h4,8-9,15H,5-7H2,1-3H3. The van der Waals surface area contributed by atoms with Gasteiger partial charge in [-0.2, -0.15) is 0 Å². The Morgan fingerprint density at radius 2 is 1.67 bits per heavy atom. The zero-order chi connectivity index (χ0) is 13.0. The average Bonchev–Trinajstić information content (AvgIpc) is 2.46. The van der Waals surface area contributed by atoms with Crippen molar-refractivity contribution in [3.05, 3.63) is 23.8 Å². The number of nitrogens with one attached hydrogen (secondary N) is 1. The van der Waals surface area contributed by atoms with E-state index in [4.69, 9.17) is 14.2 Å². The minimum Gasteiger partial charge on any atom is -0.493 e. The van der Waals surface area contributed by atoms with Crippen LogP contribution in [0.1, 0.15) is 12.0 Å². The first-order valence-electron chi connectivity index (χ1n) is 6.00. The predicted molar refractivity (Wildman–Crippen MR) is 71.6 cm³/mol. The summed E-state index contributed by atoms with van der Waals surface area (Å²) in [6.45, 7) is 1.91. The van der Waals surface area contributed by atoms with Gasteiger partial charge in [0.05, 0.1) is 21.3 Å². The van der Waals surface area contributed by atoms with Crippen molar-refractivity contribution in [3.63, 3.8) is 0 Å². The van der Waals surface area contributed by atoms with Crippen molar-refractivity contribution < 1.29 is 14.2 Å². The van der Waals surface area contributed by atoms with Crippen LogP contribution in [0, 0.1) is 0 Å². The molecular weight excluding hydrogens is 230 g/mol. The van der Waals surface area contributed by atoms with E-state index in [1.54, 1.807) is 21.3 Å². The summed E-state index contributed by atoms with van der Waals surface area (Å²) in [4.78, 5) is 0. The van der Waals surface area contributed by atoms with Gasteiger partial charge in [0.2, 0.25) is 5.75 Å². The van der Waals surface area contributed by atoms with Crippen LogP contribution in [0.25, 0.3) is 5.57 Å². The van der Waals surface area contributed by atoms with Crippen LogP contribution >= 0.6 is 0 Å².